The van der Waals surface area contributed by atoms with Crippen LogP contribution in [0.4, 0.5) is 15.8 Å². The lowest BCUT2D eigenvalue weighted by atomic mass is 10.2. The van der Waals surface area contributed by atoms with Crippen molar-refractivity contribution in [2.24, 2.45) is 0 Å². The number of halogens is 1. The van der Waals surface area contributed by atoms with Gasteiger partial charge < -0.3 is 15.4 Å². The number of hydrogen-bond donors (Lipinski definition) is 2. The Labute approximate surface area is 188 Å². The molecule has 166 valence electrons. The summed E-state index contributed by atoms with van der Waals surface area (Å²) in [5, 5.41) is 14.2. The van der Waals surface area contributed by atoms with Crippen molar-refractivity contribution < 1.29 is 18.7 Å². The Hall–Kier alpha value is -3.66. The molecule has 0 saturated carbocycles. The molecule has 0 aliphatic rings. The van der Waals surface area contributed by atoms with Crippen LogP contribution in [0.5, 0.6) is 5.75 Å². The maximum atomic E-state index is 13.8. The van der Waals surface area contributed by atoms with Crippen molar-refractivity contribution in [3.05, 3.63) is 72.8 Å². The van der Waals surface area contributed by atoms with Gasteiger partial charge in [0.25, 0.3) is 0 Å². The number of thioether (sulfide) groups is 1. The van der Waals surface area contributed by atoms with E-state index in [9.17, 15) is 14.0 Å². The van der Waals surface area contributed by atoms with Gasteiger partial charge >= 0.3 is 0 Å². The third kappa shape index (κ3) is 6.42. The normalized spacial score (nSPS) is 10.4. The number of carbonyl (C=O) groups excluding carboxylic acids is 2. The van der Waals surface area contributed by atoms with E-state index in [2.05, 4.69) is 27.4 Å². The molecule has 8 nitrogen and oxygen atoms in total. The van der Waals surface area contributed by atoms with E-state index < -0.39 is 5.82 Å². The van der Waals surface area contributed by atoms with Crippen molar-refractivity contribution in [1.29, 1.82) is 0 Å². The number of nitrogens with one attached hydrogen (secondary N) is 2. The Morgan fingerprint density at radius 2 is 1.91 bits per heavy atom. The highest BCUT2D eigenvalue weighted by Gasteiger charge is 2.15. The predicted molar refractivity (Wildman–Crippen MR) is 121 cm³/mol. The minimum Gasteiger partial charge on any atom is -0.483 e. The maximum Gasteiger partial charge on any atom is 0.234 e. The number of nitrogens with zero attached hydrogens (tertiary/aromatic N) is 3. The Morgan fingerprint density at radius 3 is 2.62 bits per heavy atom. The Bertz CT molecular complexity index is 1120. The summed E-state index contributed by atoms with van der Waals surface area (Å²) in [5.41, 5.74) is 1.15. The van der Waals surface area contributed by atoms with Crippen molar-refractivity contribution >= 4 is 35.0 Å². The Kier molecular flexibility index (Phi) is 7.98. The van der Waals surface area contributed by atoms with Crippen LogP contribution in [0.25, 0.3) is 0 Å². The van der Waals surface area contributed by atoms with E-state index >= 15 is 0 Å². The van der Waals surface area contributed by atoms with Crippen molar-refractivity contribution in [2.45, 2.75) is 25.2 Å². The molecule has 0 saturated heterocycles. The summed E-state index contributed by atoms with van der Waals surface area (Å²) in [6.45, 7) is 5.57. The summed E-state index contributed by atoms with van der Waals surface area (Å²) in [6, 6.07) is 13.0. The summed E-state index contributed by atoms with van der Waals surface area (Å²) in [5.74, 6) is -0.202. The molecule has 32 heavy (non-hydrogen) atoms. The minimum absolute atomic E-state index is 0.0183. The molecule has 0 fully saturated rings. The molecule has 1 heterocycles. The molecule has 2 amide bonds. The third-order valence-corrected chi connectivity index (χ3v) is 5.06. The van der Waals surface area contributed by atoms with E-state index in [0.717, 1.165) is 0 Å². The van der Waals surface area contributed by atoms with Crippen LogP contribution in [-0.4, -0.2) is 32.3 Å². The van der Waals surface area contributed by atoms with Crippen LogP contribution < -0.4 is 15.4 Å². The number of carbonyl (C=O) groups is 2. The molecule has 0 bridgehead atoms. The van der Waals surface area contributed by atoms with Crippen LogP contribution in [0.15, 0.2) is 66.3 Å². The maximum absolute atomic E-state index is 13.8. The van der Waals surface area contributed by atoms with Gasteiger partial charge in [-0.25, -0.2) is 4.39 Å². The largest absolute Gasteiger partial charge is 0.483 e. The van der Waals surface area contributed by atoms with Crippen LogP contribution in [0, 0.1) is 5.82 Å². The average Bonchev–Trinajstić information content (AvgIpc) is 3.13. The molecular weight excluding hydrogens is 433 g/mol. The lowest BCUT2D eigenvalue weighted by molar-refractivity contribution is -0.114. The van der Waals surface area contributed by atoms with Gasteiger partial charge in [0.2, 0.25) is 11.8 Å². The van der Waals surface area contributed by atoms with Gasteiger partial charge in [0, 0.05) is 24.8 Å². The quantitative estimate of drug-likeness (QED) is 0.356. The number of aromatic nitrogens is 3. The number of amides is 2. The van der Waals surface area contributed by atoms with Gasteiger partial charge in [0.15, 0.2) is 22.5 Å². The Morgan fingerprint density at radius 1 is 1.16 bits per heavy atom. The fourth-order valence-electron chi connectivity index (χ4n) is 2.75. The molecular formula is C22H22FN5O3S. The van der Waals surface area contributed by atoms with Crippen molar-refractivity contribution in [2.75, 3.05) is 16.4 Å². The first-order chi connectivity index (χ1) is 15.5. The van der Waals surface area contributed by atoms with Gasteiger partial charge in [0.1, 0.15) is 6.61 Å². The lowest BCUT2D eigenvalue weighted by Gasteiger charge is -2.10. The molecule has 0 atom stereocenters. The fraction of sp³-hybridized carbons (Fsp3) is 0.182. The Balaban J connectivity index is 1.61. The first-order valence-electron chi connectivity index (χ1n) is 9.67. The summed E-state index contributed by atoms with van der Waals surface area (Å²) >= 11 is 1.21. The minimum atomic E-state index is -0.462. The van der Waals surface area contributed by atoms with E-state index in [1.807, 2.05) is 0 Å². The molecule has 0 spiro atoms. The zero-order valence-corrected chi connectivity index (χ0v) is 18.2. The standard InChI is InChI=1S/C22H22FN5O3S/c1-3-11-28-20(13-31-19-10-5-4-9-18(19)23)26-27-22(28)32-14-21(30)25-17-8-6-7-16(12-17)24-15(2)29/h3-10,12H,1,11,13-14H2,2H3,(H,24,29)(H,25,30). The number of rotatable bonds is 10. The monoisotopic (exact) mass is 455 g/mol. The zero-order valence-electron chi connectivity index (χ0n) is 17.4. The summed E-state index contributed by atoms with van der Waals surface area (Å²) in [7, 11) is 0. The summed E-state index contributed by atoms with van der Waals surface area (Å²) in [4.78, 5) is 23.6. The number of ether oxygens (including phenoxy) is 1. The van der Waals surface area contributed by atoms with Crippen molar-refractivity contribution in [3.8, 4) is 5.75 Å². The molecule has 0 aliphatic carbocycles. The fourth-order valence-corrected chi connectivity index (χ4v) is 3.52. The average molecular weight is 456 g/mol. The van der Waals surface area contributed by atoms with Crippen LogP contribution in [0.1, 0.15) is 12.7 Å². The smallest absolute Gasteiger partial charge is 0.234 e. The number of hydrogen-bond acceptors (Lipinski definition) is 6. The molecule has 0 radical (unpaired) electrons. The second-order valence-electron chi connectivity index (χ2n) is 6.62. The molecule has 3 aromatic rings. The highest BCUT2D eigenvalue weighted by atomic mass is 32.2. The molecule has 1 aromatic heterocycles. The van der Waals surface area contributed by atoms with E-state index in [1.165, 1.54) is 30.8 Å². The highest BCUT2D eigenvalue weighted by Crippen LogP contribution is 2.21. The second kappa shape index (κ2) is 11.1. The number of anilines is 2. The molecule has 2 N–H and O–H groups in total. The first-order valence-corrected chi connectivity index (χ1v) is 10.7. The van der Waals surface area contributed by atoms with Gasteiger partial charge in [-0.05, 0) is 30.3 Å². The molecule has 0 aliphatic heterocycles. The lowest BCUT2D eigenvalue weighted by Crippen LogP contribution is -2.15. The van der Waals surface area contributed by atoms with Gasteiger partial charge in [-0.1, -0.05) is 36.0 Å². The molecule has 2 aromatic carbocycles. The second-order valence-corrected chi connectivity index (χ2v) is 7.56. The predicted octanol–water partition coefficient (Wildman–Crippen LogP) is 3.87. The van der Waals surface area contributed by atoms with E-state index in [0.29, 0.717) is 28.9 Å². The van der Waals surface area contributed by atoms with Crippen LogP contribution in [-0.2, 0) is 22.7 Å². The third-order valence-electron chi connectivity index (χ3n) is 4.10. The zero-order chi connectivity index (χ0) is 22.9. The van der Waals surface area contributed by atoms with Crippen LogP contribution in [0.3, 0.4) is 0 Å². The van der Waals surface area contributed by atoms with Crippen LogP contribution in [0.2, 0.25) is 0 Å². The van der Waals surface area contributed by atoms with E-state index in [4.69, 9.17) is 4.74 Å². The van der Waals surface area contributed by atoms with Crippen LogP contribution >= 0.6 is 11.8 Å². The van der Waals surface area contributed by atoms with E-state index in [-0.39, 0.29) is 29.9 Å². The van der Waals surface area contributed by atoms with Gasteiger partial charge in [0.05, 0.1) is 5.75 Å². The SMILES string of the molecule is C=CCn1c(COc2ccccc2F)nnc1SCC(=O)Nc1cccc(NC(C)=O)c1. The summed E-state index contributed by atoms with van der Waals surface area (Å²) < 4.78 is 21.0. The molecule has 0 unspecified atom stereocenters. The highest BCUT2D eigenvalue weighted by molar-refractivity contribution is 7.99. The molecule has 3 rings (SSSR count). The van der Waals surface area contributed by atoms with Crippen molar-refractivity contribution in [3.63, 3.8) is 0 Å². The molecule has 10 heteroatoms. The van der Waals surface area contributed by atoms with Gasteiger partial charge in [-0.2, -0.15) is 0 Å². The first kappa shape index (κ1) is 23.0. The van der Waals surface area contributed by atoms with Gasteiger partial charge in [-0.3, -0.25) is 14.2 Å². The summed E-state index contributed by atoms with van der Waals surface area (Å²) in [6.07, 6.45) is 1.67. The van der Waals surface area contributed by atoms with E-state index in [1.54, 1.807) is 47.0 Å². The number of benzene rings is 2. The van der Waals surface area contributed by atoms with Gasteiger partial charge in [-0.15, -0.1) is 16.8 Å². The van der Waals surface area contributed by atoms with Crippen molar-refractivity contribution in [1.82, 2.24) is 14.8 Å². The number of allylic oxidation sites excluding steroid dienone is 1. The number of para-hydroxylation sites is 1. The topological polar surface area (TPSA) is 98.1 Å².